The Balaban J connectivity index is 1.95. The molecule has 4 nitrogen and oxygen atoms in total. The monoisotopic (exact) mass is 242 g/mol. The topological polar surface area (TPSA) is 47.2 Å². The van der Waals surface area contributed by atoms with Gasteiger partial charge in [0.25, 0.3) is 0 Å². The summed E-state index contributed by atoms with van der Waals surface area (Å²) in [5, 5.41) is 8.87. The molecule has 1 aromatic heterocycles. The van der Waals surface area contributed by atoms with E-state index < -0.39 is 0 Å². The van der Waals surface area contributed by atoms with E-state index in [1.807, 2.05) is 41.1 Å². The van der Waals surface area contributed by atoms with Gasteiger partial charge in [0, 0.05) is 6.20 Å². The van der Waals surface area contributed by atoms with Crippen LogP contribution >= 0.6 is 0 Å². The van der Waals surface area contributed by atoms with Gasteiger partial charge in [-0.1, -0.05) is 12.1 Å². The zero-order valence-corrected chi connectivity index (χ0v) is 10.2. The predicted molar refractivity (Wildman–Crippen MR) is 67.6 cm³/mol. The first-order valence-corrected chi connectivity index (χ1v) is 5.66. The SMILES string of the molecule is COc1ccccc1OCCn1cccc1C#N. The lowest BCUT2D eigenvalue weighted by Crippen LogP contribution is -2.09. The van der Waals surface area contributed by atoms with Gasteiger partial charge in [0.1, 0.15) is 18.4 Å². The highest BCUT2D eigenvalue weighted by molar-refractivity contribution is 5.39. The molecule has 0 saturated heterocycles. The summed E-state index contributed by atoms with van der Waals surface area (Å²) < 4.78 is 12.7. The second kappa shape index (κ2) is 5.78. The summed E-state index contributed by atoms with van der Waals surface area (Å²) in [6, 6.07) is 13.3. The molecule has 0 unspecified atom stereocenters. The van der Waals surface area contributed by atoms with Gasteiger partial charge in [-0.05, 0) is 24.3 Å². The summed E-state index contributed by atoms with van der Waals surface area (Å²) in [6.45, 7) is 1.12. The summed E-state index contributed by atoms with van der Waals surface area (Å²) in [7, 11) is 1.61. The number of hydrogen-bond acceptors (Lipinski definition) is 3. The first-order chi connectivity index (χ1) is 8.85. The summed E-state index contributed by atoms with van der Waals surface area (Å²) in [6.07, 6.45) is 1.87. The van der Waals surface area contributed by atoms with Gasteiger partial charge in [0.15, 0.2) is 11.5 Å². The minimum atomic E-state index is 0.490. The van der Waals surface area contributed by atoms with Crippen LogP contribution < -0.4 is 9.47 Å². The molecule has 2 aromatic rings. The van der Waals surface area contributed by atoms with Gasteiger partial charge in [0.2, 0.25) is 0 Å². The van der Waals surface area contributed by atoms with Crippen LogP contribution in [0, 0.1) is 11.3 Å². The smallest absolute Gasteiger partial charge is 0.161 e. The zero-order chi connectivity index (χ0) is 12.8. The van der Waals surface area contributed by atoms with Crippen molar-refractivity contribution in [3.63, 3.8) is 0 Å². The van der Waals surface area contributed by atoms with E-state index in [9.17, 15) is 0 Å². The number of aromatic nitrogens is 1. The van der Waals surface area contributed by atoms with Crippen molar-refractivity contribution in [2.75, 3.05) is 13.7 Å². The number of hydrogen-bond donors (Lipinski definition) is 0. The molecule has 0 fully saturated rings. The Kier molecular flexibility index (Phi) is 3.87. The molecule has 0 aliphatic carbocycles. The Morgan fingerprint density at radius 2 is 1.94 bits per heavy atom. The Morgan fingerprint density at radius 3 is 2.67 bits per heavy atom. The van der Waals surface area contributed by atoms with Crippen LogP contribution in [0.15, 0.2) is 42.6 Å². The maximum atomic E-state index is 8.87. The number of nitriles is 1. The molecule has 2 rings (SSSR count). The first-order valence-electron chi connectivity index (χ1n) is 5.66. The van der Waals surface area contributed by atoms with Crippen molar-refractivity contribution < 1.29 is 9.47 Å². The molecule has 92 valence electrons. The van der Waals surface area contributed by atoms with Crippen molar-refractivity contribution in [3.8, 4) is 17.6 Å². The van der Waals surface area contributed by atoms with Crippen LogP contribution in [0.5, 0.6) is 11.5 Å². The predicted octanol–water partition coefficient (Wildman–Crippen LogP) is 2.45. The highest BCUT2D eigenvalue weighted by Gasteiger charge is 2.03. The molecule has 0 spiro atoms. The third-order valence-corrected chi connectivity index (χ3v) is 2.60. The van der Waals surface area contributed by atoms with Crippen LogP contribution in [0.3, 0.4) is 0 Å². The van der Waals surface area contributed by atoms with Crippen molar-refractivity contribution in [2.45, 2.75) is 6.54 Å². The van der Waals surface area contributed by atoms with Gasteiger partial charge in [-0.3, -0.25) is 0 Å². The Hall–Kier alpha value is -2.41. The lowest BCUT2D eigenvalue weighted by atomic mass is 10.3. The third-order valence-electron chi connectivity index (χ3n) is 2.60. The van der Waals surface area contributed by atoms with Gasteiger partial charge in [-0.2, -0.15) is 5.26 Å². The minimum Gasteiger partial charge on any atom is -0.493 e. The summed E-state index contributed by atoms with van der Waals surface area (Å²) in [5.41, 5.74) is 0.638. The molecular formula is C14H14N2O2. The van der Waals surface area contributed by atoms with Crippen LogP contribution in [0.2, 0.25) is 0 Å². The fourth-order valence-electron chi connectivity index (χ4n) is 1.70. The van der Waals surface area contributed by atoms with E-state index in [1.54, 1.807) is 13.2 Å². The van der Waals surface area contributed by atoms with Gasteiger partial charge >= 0.3 is 0 Å². The van der Waals surface area contributed by atoms with E-state index >= 15 is 0 Å². The van der Waals surface area contributed by atoms with Crippen LogP contribution in [-0.2, 0) is 6.54 Å². The highest BCUT2D eigenvalue weighted by Crippen LogP contribution is 2.25. The largest absolute Gasteiger partial charge is 0.493 e. The molecule has 0 saturated carbocycles. The Morgan fingerprint density at radius 1 is 1.17 bits per heavy atom. The average Bonchev–Trinajstić information content (AvgIpc) is 2.87. The molecule has 18 heavy (non-hydrogen) atoms. The van der Waals surface area contributed by atoms with E-state index in [0.717, 1.165) is 0 Å². The molecule has 0 bridgehead atoms. The van der Waals surface area contributed by atoms with Crippen molar-refractivity contribution >= 4 is 0 Å². The van der Waals surface area contributed by atoms with Crippen LogP contribution in [0.25, 0.3) is 0 Å². The Labute approximate surface area is 106 Å². The number of ether oxygens (including phenoxy) is 2. The summed E-state index contributed by atoms with van der Waals surface area (Å²) >= 11 is 0. The zero-order valence-electron chi connectivity index (χ0n) is 10.2. The third kappa shape index (κ3) is 2.64. The average molecular weight is 242 g/mol. The van der Waals surface area contributed by atoms with Crippen LogP contribution in [-0.4, -0.2) is 18.3 Å². The van der Waals surface area contributed by atoms with E-state index in [-0.39, 0.29) is 0 Å². The van der Waals surface area contributed by atoms with E-state index in [0.29, 0.717) is 30.3 Å². The first kappa shape index (κ1) is 12.1. The maximum Gasteiger partial charge on any atom is 0.161 e. The number of methoxy groups -OCH3 is 1. The summed E-state index contributed by atoms with van der Waals surface area (Å²) in [4.78, 5) is 0. The van der Waals surface area contributed by atoms with Crippen molar-refractivity contribution in [3.05, 3.63) is 48.3 Å². The van der Waals surface area contributed by atoms with Crippen LogP contribution in [0.1, 0.15) is 5.69 Å². The molecule has 1 aromatic carbocycles. The molecule has 0 amide bonds. The second-order valence-corrected chi connectivity index (χ2v) is 3.70. The van der Waals surface area contributed by atoms with E-state index in [1.165, 1.54) is 0 Å². The van der Waals surface area contributed by atoms with Gasteiger partial charge in [0.05, 0.1) is 13.7 Å². The number of benzene rings is 1. The normalized spacial score (nSPS) is 9.78. The van der Waals surface area contributed by atoms with Gasteiger partial charge in [-0.15, -0.1) is 0 Å². The standard InChI is InChI=1S/C14H14N2O2/c1-17-13-6-2-3-7-14(13)18-10-9-16-8-4-5-12(16)11-15/h2-8H,9-10H2,1H3. The fraction of sp³-hybridized carbons (Fsp3) is 0.214. The minimum absolute atomic E-state index is 0.490. The summed E-state index contributed by atoms with van der Waals surface area (Å²) in [5.74, 6) is 1.43. The maximum absolute atomic E-state index is 8.87. The molecule has 0 radical (unpaired) electrons. The van der Waals surface area contributed by atoms with Crippen molar-refractivity contribution in [1.29, 1.82) is 5.26 Å². The highest BCUT2D eigenvalue weighted by atomic mass is 16.5. The van der Waals surface area contributed by atoms with E-state index in [2.05, 4.69) is 6.07 Å². The molecule has 0 aliphatic rings. The number of nitrogens with zero attached hydrogens (tertiary/aromatic N) is 2. The number of para-hydroxylation sites is 2. The van der Waals surface area contributed by atoms with Crippen molar-refractivity contribution in [2.24, 2.45) is 0 Å². The molecule has 4 heteroatoms. The quantitative estimate of drug-likeness (QED) is 0.809. The molecule has 0 N–H and O–H groups in total. The molecule has 0 aliphatic heterocycles. The molecule has 0 atom stereocenters. The lowest BCUT2D eigenvalue weighted by molar-refractivity contribution is 0.279. The van der Waals surface area contributed by atoms with Crippen LogP contribution in [0.4, 0.5) is 0 Å². The number of rotatable bonds is 5. The fourth-order valence-corrected chi connectivity index (χ4v) is 1.70. The van der Waals surface area contributed by atoms with E-state index in [4.69, 9.17) is 14.7 Å². The molecule has 1 heterocycles. The second-order valence-electron chi connectivity index (χ2n) is 3.70. The lowest BCUT2D eigenvalue weighted by Gasteiger charge is -2.11. The van der Waals surface area contributed by atoms with Crippen molar-refractivity contribution in [1.82, 2.24) is 4.57 Å². The van der Waals surface area contributed by atoms with Gasteiger partial charge in [-0.25, -0.2) is 0 Å². The van der Waals surface area contributed by atoms with Gasteiger partial charge < -0.3 is 14.0 Å². The Bertz CT molecular complexity index is 555. The molecular weight excluding hydrogens is 228 g/mol.